The van der Waals surface area contributed by atoms with Crippen molar-refractivity contribution in [3.05, 3.63) is 31.3 Å². The summed E-state index contributed by atoms with van der Waals surface area (Å²) in [5.74, 6) is 0. The molecule has 0 radical (unpaired) electrons. The van der Waals surface area contributed by atoms with E-state index in [-0.39, 0.29) is 19.5 Å². The molecule has 2 aromatic rings. The summed E-state index contributed by atoms with van der Waals surface area (Å²) < 4.78 is 20.4. The Morgan fingerprint density at radius 2 is 1.96 bits per heavy atom. The fourth-order valence-corrected chi connectivity index (χ4v) is 3.66. The van der Waals surface area contributed by atoms with Crippen molar-refractivity contribution < 1.29 is 13.9 Å². The first kappa shape index (κ1) is 18.5. The summed E-state index contributed by atoms with van der Waals surface area (Å²) in [6.07, 6.45) is 0.834. The highest BCUT2D eigenvalue weighted by molar-refractivity contribution is 7.20. The lowest BCUT2D eigenvalue weighted by atomic mass is 10.1. The van der Waals surface area contributed by atoms with E-state index in [1.165, 1.54) is 11.7 Å². The molecule has 132 valence electrons. The Hall–Kier alpha value is -1.80. The maximum atomic E-state index is 12.8. The van der Waals surface area contributed by atoms with E-state index < -0.39 is 23.5 Å². The van der Waals surface area contributed by atoms with Crippen LogP contribution in [0.25, 0.3) is 10.2 Å². The number of aromatic nitrogens is 2. The van der Waals surface area contributed by atoms with Gasteiger partial charge < -0.3 is 4.74 Å². The average molecular weight is 356 g/mol. The highest BCUT2D eigenvalue weighted by atomic mass is 32.1. The lowest BCUT2D eigenvalue weighted by molar-refractivity contribution is 0.00623. The molecule has 2 rings (SSSR count). The largest absolute Gasteiger partial charge is 0.377 e. The Balaban J connectivity index is 2.84. The number of hydrogen-bond donors (Lipinski definition) is 0. The van der Waals surface area contributed by atoms with Crippen LogP contribution in [0.1, 0.15) is 35.5 Å². The highest BCUT2D eigenvalue weighted by Crippen LogP contribution is 2.26. The van der Waals surface area contributed by atoms with Crippen molar-refractivity contribution in [1.29, 1.82) is 0 Å². The number of methoxy groups -OCH3 is 1. The van der Waals surface area contributed by atoms with Gasteiger partial charge in [-0.05, 0) is 32.8 Å². The molecule has 0 aromatic carbocycles. The smallest absolute Gasteiger partial charge is 0.332 e. The predicted molar refractivity (Wildman–Crippen MR) is 92.1 cm³/mol. The fraction of sp³-hybridized carbons (Fsp3) is 0.562. The lowest BCUT2D eigenvalue weighted by Crippen LogP contribution is -2.45. The van der Waals surface area contributed by atoms with Crippen LogP contribution in [-0.4, -0.2) is 34.8 Å². The van der Waals surface area contributed by atoms with Gasteiger partial charge in [0.25, 0.3) is 5.56 Å². The maximum absolute atomic E-state index is 12.8. The van der Waals surface area contributed by atoms with Crippen molar-refractivity contribution in [3.63, 3.8) is 0 Å². The Labute approximate surface area is 142 Å². The van der Waals surface area contributed by atoms with Gasteiger partial charge in [-0.25, -0.2) is 4.79 Å². The number of rotatable bonds is 7. The molecular formula is C16H21FN2O4S. The molecule has 0 bridgehead atoms. The zero-order valence-electron chi connectivity index (χ0n) is 14.2. The molecular weight excluding hydrogens is 335 g/mol. The Morgan fingerprint density at radius 1 is 1.29 bits per heavy atom. The zero-order valence-corrected chi connectivity index (χ0v) is 15.0. The predicted octanol–water partition coefficient (Wildman–Crippen LogP) is 2.13. The van der Waals surface area contributed by atoms with E-state index in [0.717, 1.165) is 15.9 Å². The third-order valence-corrected chi connectivity index (χ3v) is 5.29. The molecule has 0 atom stereocenters. The third kappa shape index (κ3) is 3.21. The number of hydrogen-bond acceptors (Lipinski definition) is 5. The van der Waals surface area contributed by atoms with Crippen LogP contribution >= 0.6 is 11.3 Å². The highest BCUT2D eigenvalue weighted by Gasteiger charge is 2.24. The van der Waals surface area contributed by atoms with Crippen LogP contribution in [0.4, 0.5) is 4.39 Å². The van der Waals surface area contributed by atoms with Gasteiger partial charge in [-0.15, -0.1) is 11.3 Å². The van der Waals surface area contributed by atoms with Gasteiger partial charge in [0, 0.05) is 13.7 Å². The number of carbonyl (C=O) groups is 1. The molecule has 2 heterocycles. The number of alkyl halides is 1. The van der Waals surface area contributed by atoms with Gasteiger partial charge in [-0.3, -0.25) is 23.1 Å². The molecule has 2 aromatic heterocycles. The lowest BCUT2D eigenvalue weighted by Gasteiger charge is -2.24. The minimum absolute atomic E-state index is 0.0679. The number of fused-ring (bicyclic) bond motifs is 1. The normalized spacial score (nSPS) is 12.0. The molecule has 0 aliphatic rings. The van der Waals surface area contributed by atoms with Gasteiger partial charge >= 0.3 is 5.69 Å². The van der Waals surface area contributed by atoms with E-state index >= 15 is 0 Å². The molecule has 0 unspecified atom stereocenters. The molecule has 0 fully saturated rings. The third-order valence-electron chi connectivity index (χ3n) is 4.04. The quantitative estimate of drug-likeness (QED) is 0.713. The summed E-state index contributed by atoms with van der Waals surface area (Å²) in [5.41, 5.74) is -1.12. The first-order chi connectivity index (χ1) is 11.3. The van der Waals surface area contributed by atoms with Crippen LogP contribution in [0.2, 0.25) is 0 Å². The summed E-state index contributed by atoms with van der Waals surface area (Å²) >= 11 is 1.09. The van der Waals surface area contributed by atoms with E-state index in [1.807, 2.05) is 0 Å². The fourth-order valence-electron chi connectivity index (χ4n) is 2.52. The molecule has 8 heteroatoms. The van der Waals surface area contributed by atoms with E-state index in [9.17, 15) is 18.8 Å². The van der Waals surface area contributed by atoms with E-state index in [2.05, 4.69) is 0 Å². The standard InChI is InChI=1S/C16H21FN2O4S/c1-10-11(8-20)24-14-12(10)13(21)19(9-16(2,3)23-4)15(22)18(14)7-5-6-17/h8H,5-7,9H2,1-4H3. The summed E-state index contributed by atoms with van der Waals surface area (Å²) in [7, 11) is 1.51. The van der Waals surface area contributed by atoms with Crippen LogP contribution in [0, 0.1) is 6.92 Å². The SMILES string of the molecule is COC(C)(C)Cn1c(=O)c2c(C)c(C=O)sc2n(CCCF)c1=O. The number of aryl methyl sites for hydroxylation is 2. The topological polar surface area (TPSA) is 70.3 Å². The number of carbonyl (C=O) groups excluding carboxylic acids is 1. The van der Waals surface area contributed by atoms with Crippen LogP contribution in [-0.2, 0) is 17.8 Å². The Bertz CT molecular complexity index is 879. The van der Waals surface area contributed by atoms with Crippen molar-refractivity contribution in [2.45, 2.75) is 45.9 Å². The summed E-state index contributed by atoms with van der Waals surface area (Å²) in [6.45, 7) is 4.87. The van der Waals surface area contributed by atoms with Crippen LogP contribution in [0.3, 0.4) is 0 Å². The summed E-state index contributed by atoms with van der Waals surface area (Å²) in [6, 6.07) is 0. The molecule has 6 nitrogen and oxygen atoms in total. The number of thiophene rings is 1. The van der Waals surface area contributed by atoms with E-state index in [1.54, 1.807) is 20.8 Å². The van der Waals surface area contributed by atoms with Crippen LogP contribution < -0.4 is 11.2 Å². The van der Waals surface area contributed by atoms with Gasteiger partial charge in [0.1, 0.15) is 4.83 Å². The van der Waals surface area contributed by atoms with Crippen molar-refractivity contribution >= 4 is 27.8 Å². The Kier molecular flexibility index (Phi) is 5.39. The van der Waals surface area contributed by atoms with Crippen molar-refractivity contribution in [1.82, 2.24) is 9.13 Å². The van der Waals surface area contributed by atoms with Crippen molar-refractivity contribution in [3.8, 4) is 0 Å². The average Bonchev–Trinajstić information content (AvgIpc) is 2.88. The van der Waals surface area contributed by atoms with Crippen molar-refractivity contribution in [2.24, 2.45) is 0 Å². The second kappa shape index (κ2) is 6.98. The zero-order chi connectivity index (χ0) is 18.1. The summed E-state index contributed by atoms with van der Waals surface area (Å²) in [5, 5.41) is 0.340. The molecule has 0 aliphatic carbocycles. The first-order valence-corrected chi connectivity index (χ1v) is 8.42. The second-order valence-electron chi connectivity index (χ2n) is 6.22. The van der Waals surface area contributed by atoms with Gasteiger partial charge in [-0.2, -0.15) is 0 Å². The van der Waals surface area contributed by atoms with Crippen molar-refractivity contribution in [2.75, 3.05) is 13.8 Å². The monoisotopic (exact) mass is 356 g/mol. The number of halogens is 1. The second-order valence-corrected chi connectivity index (χ2v) is 7.25. The molecule has 0 N–H and O–H groups in total. The molecule has 0 amide bonds. The number of aldehydes is 1. The van der Waals surface area contributed by atoms with Gasteiger partial charge in [-0.1, -0.05) is 0 Å². The van der Waals surface area contributed by atoms with E-state index in [0.29, 0.717) is 26.9 Å². The molecule has 0 saturated carbocycles. The Morgan fingerprint density at radius 3 is 2.50 bits per heavy atom. The minimum Gasteiger partial charge on any atom is -0.377 e. The van der Waals surface area contributed by atoms with Gasteiger partial charge in [0.15, 0.2) is 6.29 Å². The van der Waals surface area contributed by atoms with Gasteiger partial charge in [0.2, 0.25) is 0 Å². The first-order valence-electron chi connectivity index (χ1n) is 7.60. The maximum Gasteiger partial charge on any atom is 0.332 e. The minimum atomic E-state index is -0.716. The molecule has 24 heavy (non-hydrogen) atoms. The summed E-state index contributed by atoms with van der Waals surface area (Å²) in [4.78, 5) is 37.6. The molecule has 0 saturated heterocycles. The van der Waals surface area contributed by atoms with Crippen LogP contribution in [0.5, 0.6) is 0 Å². The number of nitrogens with zero attached hydrogens (tertiary/aromatic N) is 2. The number of ether oxygens (including phenoxy) is 1. The van der Waals surface area contributed by atoms with E-state index in [4.69, 9.17) is 4.74 Å². The van der Waals surface area contributed by atoms with Gasteiger partial charge in [0.05, 0.1) is 29.1 Å². The molecule has 0 aliphatic heterocycles. The van der Waals surface area contributed by atoms with Crippen LogP contribution in [0.15, 0.2) is 9.59 Å². The molecule has 0 spiro atoms.